The van der Waals surface area contributed by atoms with Gasteiger partial charge in [0.2, 0.25) is 10.0 Å². The van der Waals surface area contributed by atoms with Gasteiger partial charge in [-0.25, -0.2) is 13.4 Å². The molecule has 0 radical (unpaired) electrons. The summed E-state index contributed by atoms with van der Waals surface area (Å²) in [5, 5.41) is 3.36. The molecule has 3 rings (SSSR count). The highest BCUT2D eigenvalue weighted by Crippen LogP contribution is 2.25. The summed E-state index contributed by atoms with van der Waals surface area (Å²) >= 11 is 1.43. The Morgan fingerprint density at radius 3 is 2.71 bits per heavy atom. The first-order chi connectivity index (χ1) is 11.3. The maximum Gasteiger partial charge on any atom is 0.259 e. The average Bonchev–Trinajstić information content (AvgIpc) is 2.83. The number of amides is 1. The van der Waals surface area contributed by atoms with Crippen LogP contribution in [0, 0.1) is 13.8 Å². The van der Waals surface area contributed by atoms with Gasteiger partial charge in [0.1, 0.15) is 0 Å². The van der Waals surface area contributed by atoms with E-state index < -0.39 is 10.0 Å². The largest absolute Gasteiger partial charge is 0.298 e. The number of nitrogens with one attached hydrogen (secondary N) is 1. The van der Waals surface area contributed by atoms with Crippen molar-refractivity contribution >= 4 is 32.4 Å². The molecular weight excluding hydrogens is 348 g/mol. The van der Waals surface area contributed by atoms with Crippen LogP contribution in [0.2, 0.25) is 0 Å². The summed E-state index contributed by atoms with van der Waals surface area (Å²) in [5.41, 5.74) is 3.00. The molecule has 0 spiro atoms. The van der Waals surface area contributed by atoms with E-state index in [9.17, 15) is 13.2 Å². The van der Waals surface area contributed by atoms with Crippen molar-refractivity contribution in [2.24, 2.45) is 0 Å². The van der Waals surface area contributed by atoms with Gasteiger partial charge in [-0.05, 0) is 31.4 Å². The molecule has 9 heteroatoms. The van der Waals surface area contributed by atoms with Gasteiger partial charge in [0.25, 0.3) is 5.91 Å². The Morgan fingerprint density at radius 2 is 2.08 bits per heavy atom. The van der Waals surface area contributed by atoms with E-state index in [2.05, 4.69) is 15.3 Å². The fraction of sp³-hybridized carbons (Fsp3) is 0.400. The van der Waals surface area contributed by atoms with Gasteiger partial charge in [0.15, 0.2) is 5.13 Å². The highest BCUT2D eigenvalue weighted by atomic mass is 32.2. The molecular formula is C15H18N4O3S2. The van der Waals surface area contributed by atoms with E-state index >= 15 is 0 Å². The molecule has 0 aromatic carbocycles. The number of pyridine rings is 1. The first-order valence-corrected chi connectivity index (χ1v) is 10.1. The Kier molecular flexibility index (Phi) is 4.41. The van der Waals surface area contributed by atoms with Crippen molar-refractivity contribution in [2.45, 2.75) is 26.8 Å². The van der Waals surface area contributed by atoms with Gasteiger partial charge in [-0.1, -0.05) is 0 Å². The third kappa shape index (κ3) is 3.33. The van der Waals surface area contributed by atoms with Gasteiger partial charge in [0, 0.05) is 30.4 Å². The molecule has 3 heterocycles. The third-order valence-corrected chi connectivity index (χ3v) is 6.31. The number of anilines is 1. The normalized spacial score (nSPS) is 15.1. The Balaban J connectivity index is 1.86. The molecule has 2 aromatic rings. The monoisotopic (exact) mass is 366 g/mol. The lowest BCUT2D eigenvalue weighted by Crippen LogP contribution is -2.36. The van der Waals surface area contributed by atoms with E-state index in [1.807, 2.05) is 13.8 Å². The quantitative estimate of drug-likeness (QED) is 0.893. The van der Waals surface area contributed by atoms with E-state index in [0.717, 1.165) is 21.7 Å². The molecule has 1 N–H and O–H groups in total. The zero-order chi connectivity index (χ0) is 17.5. The number of carbonyl (C=O) groups is 1. The van der Waals surface area contributed by atoms with Crippen molar-refractivity contribution in [1.82, 2.24) is 14.3 Å². The smallest absolute Gasteiger partial charge is 0.259 e. The Hall–Kier alpha value is -1.84. The van der Waals surface area contributed by atoms with Crippen molar-refractivity contribution in [3.8, 4) is 0 Å². The molecule has 128 valence electrons. The molecule has 0 saturated heterocycles. The number of hydrogen-bond acceptors (Lipinski definition) is 6. The standard InChI is InChI=1S/C15H18N4O3S2/c1-9-10(2)23-15(17-9)18-14(20)13-7-16-6-11-8-19(24(3,21)22)5-4-12(11)13/h6-7H,4-5,8H2,1-3H3,(H,17,18,20). The van der Waals surface area contributed by atoms with E-state index in [-0.39, 0.29) is 12.5 Å². The van der Waals surface area contributed by atoms with Crippen LogP contribution in [-0.2, 0) is 23.0 Å². The number of thiazole rings is 1. The molecule has 24 heavy (non-hydrogen) atoms. The van der Waals surface area contributed by atoms with Crippen LogP contribution in [0.4, 0.5) is 5.13 Å². The zero-order valence-corrected chi connectivity index (χ0v) is 15.3. The first kappa shape index (κ1) is 17.0. The summed E-state index contributed by atoms with van der Waals surface area (Å²) < 4.78 is 24.8. The zero-order valence-electron chi connectivity index (χ0n) is 13.7. The minimum Gasteiger partial charge on any atom is -0.298 e. The highest BCUT2D eigenvalue weighted by molar-refractivity contribution is 7.88. The van der Waals surface area contributed by atoms with Crippen molar-refractivity contribution in [2.75, 3.05) is 18.1 Å². The van der Waals surface area contributed by atoms with Crippen LogP contribution in [0.1, 0.15) is 32.1 Å². The number of aromatic nitrogens is 2. The number of fused-ring (bicyclic) bond motifs is 1. The van der Waals surface area contributed by atoms with Gasteiger partial charge in [0.05, 0.1) is 17.5 Å². The summed E-state index contributed by atoms with van der Waals surface area (Å²) in [6.45, 7) is 4.46. The lowest BCUT2D eigenvalue weighted by Gasteiger charge is -2.27. The minimum atomic E-state index is -3.26. The van der Waals surface area contributed by atoms with Gasteiger partial charge < -0.3 is 0 Å². The van der Waals surface area contributed by atoms with Crippen LogP contribution < -0.4 is 5.32 Å². The van der Waals surface area contributed by atoms with Crippen LogP contribution in [0.5, 0.6) is 0 Å². The first-order valence-electron chi connectivity index (χ1n) is 7.42. The SMILES string of the molecule is Cc1nc(NC(=O)c2cncc3c2CCN(S(C)(=O)=O)C3)sc1C. The van der Waals surface area contributed by atoms with Crippen LogP contribution in [0.25, 0.3) is 0 Å². The summed E-state index contributed by atoms with van der Waals surface area (Å²) in [7, 11) is -3.26. The molecule has 0 aliphatic carbocycles. The predicted molar refractivity (Wildman–Crippen MR) is 92.7 cm³/mol. The fourth-order valence-electron chi connectivity index (χ4n) is 2.64. The molecule has 1 aliphatic heterocycles. The number of hydrogen-bond donors (Lipinski definition) is 1. The van der Waals surface area contributed by atoms with Crippen LogP contribution >= 0.6 is 11.3 Å². The van der Waals surface area contributed by atoms with E-state index in [0.29, 0.717) is 23.7 Å². The second-order valence-electron chi connectivity index (χ2n) is 5.79. The number of aryl methyl sites for hydroxylation is 2. The minimum absolute atomic E-state index is 0.248. The van der Waals surface area contributed by atoms with Gasteiger partial charge in [-0.2, -0.15) is 4.31 Å². The maximum atomic E-state index is 12.6. The lowest BCUT2D eigenvalue weighted by atomic mass is 9.98. The Morgan fingerprint density at radius 1 is 1.33 bits per heavy atom. The van der Waals surface area contributed by atoms with E-state index in [1.54, 1.807) is 6.20 Å². The van der Waals surface area contributed by atoms with E-state index in [1.165, 1.54) is 28.1 Å². The molecule has 1 aliphatic rings. The number of nitrogens with zero attached hydrogens (tertiary/aromatic N) is 3. The molecule has 0 bridgehead atoms. The molecule has 1 amide bonds. The Bertz CT molecular complexity index is 886. The topological polar surface area (TPSA) is 92.3 Å². The second-order valence-corrected chi connectivity index (χ2v) is 8.97. The molecule has 7 nitrogen and oxygen atoms in total. The molecule has 0 fully saturated rings. The third-order valence-electron chi connectivity index (χ3n) is 4.07. The lowest BCUT2D eigenvalue weighted by molar-refractivity contribution is 0.102. The van der Waals surface area contributed by atoms with Crippen LogP contribution in [-0.4, -0.2) is 41.4 Å². The van der Waals surface area contributed by atoms with Crippen LogP contribution in [0.3, 0.4) is 0 Å². The summed E-state index contributed by atoms with van der Waals surface area (Å²) in [6, 6.07) is 0. The van der Waals surface area contributed by atoms with E-state index in [4.69, 9.17) is 0 Å². The summed E-state index contributed by atoms with van der Waals surface area (Å²) in [6.07, 6.45) is 4.83. The highest BCUT2D eigenvalue weighted by Gasteiger charge is 2.26. The van der Waals surface area contributed by atoms with Crippen molar-refractivity contribution in [1.29, 1.82) is 0 Å². The summed E-state index contributed by atoms with van der Waals surface area (Å²) in [5.74, 6) is -0.263. The fourth-order valence-corrected chi connectivity index (χ4v) is 4.24. The second kappa shape index (κ2) is 6.23. The number of rotatable bonds is 3. The van der Waals surface area contributed by atoms with Gasteiger partial charge in [-0.3, -0.25) is 15.1 Å². The molecule has 0 atom stereocenters. The van der Waals surface area contributed by atoms with Crippen molar-refractivity contribution in [3.05, 3.63) is 39.7 Å². The van der Waals surface area contributed by atoms with Gasteiger partial charge >= 0.3 is 0 Å². The molecule has 0 unspecified atom stereocenters. The average molecular weight is 366 g/mol. The van der Waals surface area contributed by atoms with Gasteiger partial charge in [-0.15, -0.1) is 11.3 Å². The van der Waals surface area contributed by atoms with Crippen molar-refractivity contribution < 1.29 is 13.2 Å². The number of sulfonamides is 1. The maximum absolute atomic E-state index is 12.6. The van der Waals surface area contributed by atoms with Crippen molar-refractivity contribution in [3.63, 3.8) is 0 Å². The predicted octanol–water partition coefficient (Wildman–Crippen LogP) is 1.72. The van der Waals surface area contributed by atoms with Crippen LogP contribution in [0.15, 0.2) is 12.4 Å². The molecule has 2 aromatic heterocycles. The molecule has 0 saturated carbocycles. The summed E-state index contributed by atoms with van der Waals surface area (Å²) in [4.78, 5) is 22.0. The Labute approximate surface area is 144 Å². The number of carbonyl (C=O) groups excluding carboxylic acids is 1.